The van der Waals surface area contributed by atoms with Crippen LogP contribution in [0.3, 0.4) is 0 Å². The van der Waals surface area contributed by atoms with E-state index in [1.165, 1.54) is 19.2 Å². The molecule has 0 aromatic heterocycles. The van der Waals surface area contributed by atoms with Gasteiger partial charge in [0.2, 0.25) is 11.8 Å². The Bertz CT molecular complexity index is 1280. The van der Waals surface area contributed by atoms with Crippen molar-refractivity contribution in [1.82, 2.24) is 5.32 Å². The van der Waals surface area contributed by atoms with Crippen LogP contribution in [-0.2, 0) is 23.9 Å². The summed E-state index contributed by atoms with van der Waals surface area (Å²) in [6.45, 7) is 3.80. The summed E-state index contributed by atoms with van der Waals surface area (Å²) in [4.78, 5) is 49.9. The fourth-order valence-electron chi connectivity index (χ4n) is 3.82. The summed E-state index contributed by atoms with van der Waals surface area (Å²) in [6, 6.07) is 13.9. The first-order valence-electron chi connectivity index (χ1n) is 10.9. The quantitative estimate of drug-likeness (QED) is 0.431. The Kier molecular flexibility index (Phi) is 8.51. The Hall–Kier alpha value is -4.10. The van der Waals surface area contributed by atoms with Crippen LogP contribution in [0.5, 0.6) is 0 Å². The molecule has 10 heteroatoms. The standard InChI is InChI=1S/C26H25N3O6S/c1-14-5-6-15(2)19(11-14)28-20(30)13-36-24-18(12-27)21(22(23(31)29-24)26(33)35-4)16-7-9-17(10-8-16)25(32)34-3/h5-11,21-22H,13H2,1-4H3,(H,28,30)(H,29,31)/t21-,22-/m1/s1. The molecule has 0 unspecified atom stereocenters. The second-order valence-electron chi connectivity index (χ2n) is 8.09. The van der Waals surface area contributed by atoms with Gasteiger partial charge < -0.3 is 20.1 Å². The first kappa shape index (κ1) is 26.5. The number of carbonyl (C=O) groups excluding carboxylic acids is 4. The number of carbonyl (C=O) groups is 4. The van der Waals surface area contributed by atoms with Gasteiger partial charge in [-0.15, -0.1) is 0 Å². The van der Waals surface area contributed by atoms with Crippen molar-refractivity contribution in [2.45, 2.75) is 19.8 Å². The Labute approximate surface area is 212 Å². The third-order valence-corrected chi connectivity index (χ3v) is 6.71. The molecule has 1 heterocycles. The third kappa shape index (κ3) is 5.75. The highest BCUT2D eigenvalue weighted by atomic mass is 32.2. The molecule has 186 valence electrons. The van der Waals surface area contributed by atoms with E-state index in [1.807, 2.05) is 32.0 Å². The Morgan fingerprint density at radius 2 is 1.78 bits per heavy atom. The number of allylic oxidation sites excluding steroid dienone is 1. The Morgan fingerprint density at radius 1 is 1.08 bits per heavy atom. The normalized spacial score (nSPS) is 17.0. The van der Waals surface area contributed by atoms with Gasteiger partial charge in [-0.1, -0.05) is 36.0 Å². The van der Waals surface area contributed by atoms with E-state index in [2.05, 4.69) is 16.7 Å². The molecule has 0 bridgehead atoms. The molecule has 2 atom stereocenters. The topological polar surface area (TPSA) is 135 Å². The summed E-state index contributed by atoms with van der Waals surface area (Å²) in [7, 11) is 2.41. The van der Waals surface area contributed by atoms with Crippen LogP contribution >= 0.6 is 11.8 Å². The fourth-order valence-corrected chi connectivity index (χ4v) is 4.67. The number of amides is 2. The molecule has 1 aliphatic rings. The number of benzene rings is 2. The van der Waals surface area contributed by atoms with Crippen LogP contribution in [0.2, 0.25) is 0 Å². The van der Waals surface area contributed by atoms with E-state index in [0.717, 1.165) is 30.0 Å². The van der Waals surface area contributed by atoms with Gasteiger partial charge in [0.05, 0.1) is 42.2 Å². The number of methoxy groups -OCH3 is 2. The summed E-state index contributed by atoms with van der Waals surface area (Å²) < 4.78 is 9.53. The molecular weight excluding hydrogens is 482 g/mol. The number of rotatable bonds is 7. The molecule has 36 heavy (non-hydrogen) atoms. The van der Waals surface area contributed by atoms with Crippen molar-refractivity contribution in [2.24, 2.45) is 5.92 Å². The van der Waals surface area contributed by atoms with Gasteiger partial charge in [-0.05, 0) is 48.7 Å². The molecular formula is C26H25N3O6S. The van der Waals surface area contributed by atoms with Gasteiger partial charge in [-0.3, -0.25) is 14.4 Å². The van der Waals surface area contributed by atoms with E-state index in [4.69, 9.17) is 9.47 Å². The van der Waals surface area contributed by atoms with Crippen LogP contribution in [-0.4, -0.2) is 43.7 Å². The molecule has 0 radical (unpaired) electrons. The lowest BCUT2D eigenvalue weighted by molar-refractivity contribution is -0.150. The predicted molar refractivity (Wildman–Crippen MR) is 134 cm³/mol. The smallest absolute Gasteiger partial charge is 0.337 e. The molecule has 2 N–H and O–H groups in total. The van der Waals surface area contributed by atoms with E-state index in [-0.39, 0.29) is 27.8 Å². The number of nitrogens with zero attached hydrogens (tertiary/aromatic N) is 1. The van der Waals surface area contributed by atoms with Gasteiger partial charge in [-0.2, -0.15) is 5.26 Å². The van der Waals surface area contributed by atoms with Crippen molar-refractivity contribution < 1.29 is 28.7 Å². The lowest BCUT2D eigenvalue weighted by Gasteiger charge is -2.31. The van der Waals surface area contributed by atoms with Crippen molar-refractivity contribution in [3.05, 3.63) is 75.3 Å². The molecule has 9 nitrogen and oxygen atoms in total. The predicted octanol–water partition coefficient (Wildman–Crippen LogP) is 3.20. The van der Waals surface area contributed by atoms with Gasteiger partial charge in [0.15, 0.2) is 0 Å². The molecule has 2 aromatic rings. The minimum absolute atomic E-state index is 0.0783. The van der Waals surface area contributed by atoms with Crippen LogP contribution in [0.4, 0.5) is 5.69 Å². The number of nitriles is 1. The van der Waals surface area contributed by atoms with E-state index in [0.29, 0.717) is 11.3 Å². The molecule has 2 aromatic carbocycles. The monoisotopic (exact) mass is 507 g/mol. The summed E-state index contributed by atoms with van der Waals surface area (Å²) in [5, 5.41) is 15.6. The second kappa shape index (κ2) is 11.6. The summed E-state index contributed by atoms with van der Waals surface area (Å²) >= 11 is 0.990. The van der Waals surface area contributed by atoms with E-state index < -0.39 is 29.7 Å². The molecule has 0 fully saturated rings. The van der Waals surface area contributed by atoms with Crippen LogP contribution in [0.25, 0.3) is 0 Å². The van der Waals surface area contributed by atoms with Crippen molar-refractivity contribution in [2.75, 3.05) is 25.3 Å². The average molecular weight is 508 g/mol. The Morgan fingerprint density at radius 3 is 2.39 bits per heavy atom. The number of nitrogens with one attached hydrogen (secondary N) is 2. The van der Waals surface area contributed by atoms with Crippen molar-refractivity contribution >= 4 is 41.2 Å². The molecule has 0 spiro atoms. The number of aryl methyl sites for hydroxylation is 2. The number of thioether (sulfide) groups is 1. The second-order valence-corrected chi connectivity index (χ2v) is 9.08. The highest BCUT2D eigenvalue weighted by Gasteiger charge is 2.44. The largest absolute Gasteiger partial charge is 0.468 e. The maximum Gasteiger partial charge on any atom is 0.337 e. The molecule has 1 aliphatic heterocycles. The number of anilines is 1. The summed E-state index contributed by atoms with van der Waals surface area (Å²) in [5.74, 6) is -4.68. The number of esters is 2. The molecule has 0 saturated carbocycles. The van der Waals surface area contributed by atoms with Crippen molar-refractivity contribution in [1.29, 1.82) is 5.26 Å². The molecule has 2 amide bonds. The summed E-state index contributed by atoms with van der Waals surface area (Å²) in [6.07, 6.45) is 0. The molecule has 0 aliphatic carbocycles. The van der Waals surface area contributed by atoms with E-state index in [9.17, 15) is 24.4 Å². The molecule has 3 rings (SSSR count). The average Bonchev–Trinajstić information content (AvgIpc) is 2.88. The van der Waals surface area contributed by atoms with Crippen LogP contribution in [0, 0.1) is 31.1 Å². The Balaban J connectivity index is 1.91. The van der Waals surface area contributed by atoms with Crippen molar-refractivity contribution in [3.8, 4) is 6.07 Å². The first-order chi connectivity index (χ1) is 17.2. The summed E-state index contributed by atoms with van der Waals surface area (Å²) in [5.41, 5.74) is 3.42. The number of hydrogen-bond donors (Lipinski definition) is 2. The van der Waals surface area contributed by atoms with Gasteiger partial charge >= 0.3 is 11.9 Å². The lowest BCUT2D eigenvalue weighted by atomic mass is 9.78. The third-order valence-electron chi connectivity index (χ3n) is 5.69. The lowest BCUT2D eigenvalue weighted by Crippen LogP contribution is -2.44. The molecule has 0 saturated heterocycles. The number of ether oxygens (including phenoxy) is 2. The fraction of sp³-hybridized carbons (Fsp3) is 0.269. The van der Waals surface area contributed by atoms with E-state index >= 15 is 0 Å². The maximum absolute atomic E-state index is 12.9. The zero-order valence-corrected chi connectivity index (χ0v) is 21.0. The minimum atomic E-state index is -1.32. The SMILES string of the molecule is COC(=O)c1ccc([C@@H]2C(C#N)=C(SCC(=O)Nc3cc(C)ccc3C)NC(=O)[C@@H]2C(=O)OC)cc1. The van der Waals surface area contributed by atoms with E-state index in [1.54, 1.807) is 12.1 Å². The van der Waals surface area contributed by atoms with Gasteiger partial charge in [0, 0.05) is 11.6 Å². The van der Waals surface area contributed by atoms with Gasteiger partial charge in [0.1, 0.15) is 5.92 Å². The highest BCUT2D eigenvalue weighted by molar-refractivity contribution is 8.03. The maximum atomic E-state index is 12.9. The highest BCUT2D eigenvalue weighted by Crippen LogP contribution is 2.40. The van der Waals surface area contributed by atoms with Gasteiger partial charge in [-0.25, -0.2) is 4.79 Å². The zero-order valence-electron chi connectivity index (χ0n) is 20.2. The van der Waals surface area contributed by atoms with Crippen LogP contribution in [0.15, 0.2) is 53.1 Å². The van der Waals surface area contributed by atoms with Crippen LogP contribution < -0.4 is 10.6 Å². The van der Waals surface area contributed by atoms with Gasteiger partial charge in [0.25, 0.3) is 0 Å². The number of hydrogen-bond acceptors (Lipinski definition) is 8. The first-order valence-corrected chi connectivity index (χ1v) is 11.9. The zero-order chi connectivity index (χ0) is 26.4. The minimum Gasteiger partial charge on any atom is -0.468 e. The van der Waals surface area contributed by atoms with Crippen molar-refractivity contribution in [3.63, 3.8) is 0 Å². The van der Waals surface area contributed by atoms with Crippen LogP contribution in [0.1, 0.15) is 33.0 Å².